The van der Waals surface area contributed by atoms with Crippen LogP contribution in [0.15, 0.2) is 34.5 Å². The number of thiazole rings is 1. The van der Waals surface area contributed by atoms with Gasteiger partial charge in [-0.1, -0.05) is 6.07 Å². The maximum Gasteiger partial charge on any atom is 0.416 e. The predicted octanol–water partition coefficient (Wildman–Crippen LogP) is 2.11. The Labute approximate surface area is 152 Å². The van der Waals surface area contributed by atoms with Crippen LogP contribution < -0.4 is 10.0 Å². The van der Waals surface area contributed by atoms with Gasteiger partial charge in [0.2, 0.25) is 15.9 Å². The van der Waals surface area contributed by atoms with Crippen LogP contribution in [-0.2, 0) is 27.4 Å². The van der Waals surface area contributed by atoms with Crippen LogP contribution in [0.25, 0.3) is 0 Å². The summed E-state index contributed by atoms with van der Waals surface area (Å²) < 4.78 is 64.1. The van der Waals surface area contributed by atoms with Crippen LogP contribution in [0.1, 0.15) is 16.3 Å². The summed E-state index contributed by atoms with van der Waals surface area (Å²) in [6.07, 6.45) is -4.16. The van der Waals surface area contributed by atoms with E-state index in [1.54, 1.807) is 0 Å². The minimum atomic E-state index is -4.66. The average Bonchev–Trinajstić information content (AvgIpc) is 2.98. The molecule has 0 atom stereocenters. The lowest BCUT2D eigenvalue weighted by molar-refractivity contribution is -0.137. The Morgan fingerprint density at radius 2 is 2.04 bits per heavy atom. The lowest BCUT2D eigenvalue weighted by Crippen LogP contribution is -2.37. The van der Waals surface area contributed by atoms with Crippen LogP contribution in [0.3, 0.4) is 0 Å². The van der Waals surface area contributed by atoms with Gasteiger partial charge in [0, 0.05) is 18.3 Å². The van der Waals surface area contributed by atoms with Gasteiger partial charge >= 0.3 is 6.18 Å². The molecule has 6 nitrogen and oxygen atoms in total. The minimum Gasteiger partial charge on any atom is -0.355 e. The van der Waals surface area contributed by atoms with Crippen molar-refractivity contribution in [3.8, 4) is 0 Å². The van der Waals surface area contributed by atoms with Gasteiger partial charge in [-0.3, -0.25) is 4.79 Å². The summed E-state index contributed by atoms with van der Waals surface area (Å²) in [7, 11) is -4.23. The number of halogens is 3. The number of rotatable bonds is 7. The van der Waals surface area contributed by atoms with Crippen molar-refractivity contribution in [1.29, 1.82) is 0 Å². The van der Waals surface area contributed by atoms with Crippen molar-refractivity contribution in [2.24, 2.45) is 0 Å². The van der Waals surface area contributed by atoms with Crippen LogP contribution in [0.4, 0.5) is 13.2 Å². The number of carbonyl (C=O) groups excluding carboxylic acids is 1. The smallest absolute Gasteiger partial charge is 0.355 e. The second kappa shape index (κ2) is 8.14. The molecule has 26 heavy (non-hydrogen) atoms. The maximum atomic E-state index is 12.7. The van der Waals surface area contributed by atoms with Crippen molar-refractivity contribution in [2.45, 2.75) is 24.4 Å². The third-order valence-corrected chi connectivity index (χ3v) is 5.49. The summed E-state index contributed by atoms with van der Waals surface area (Å²) in [5, 5.41) is 5.28. The molecule has 0 aliphatic heterocycles. The molecule has 0 bridgehead atoms. The topological polar surface area (TPSA) is 88.2 Å². The van der Waals surface area contributed by atoms with Gasteiger partial charge in [0.05, 0.1) is 27.7 Å². The Balaban J connectivity index is 1.88. The Morgan fingerprint density at radius 1 is 1.31 bits per heavy atom. The van der Waals surface area contributed by atoms with Gasteiger partial charge in [0.1, 0.15) is 0 Å². The summed E-state index contributed by atoms with van der Waals surface area (Å²) in [5.41, 5.74) is -0.263. The first kappa shape index (κ1) is 20.3. The fourth-order valence-electron chi connectivity index (χ4n) is 2.00. The molecule has 2 rings (SSSR count). The van der Waals surface area contributed by atoms with Crippen molar-refractivity contribution in [2.75, 3.05) is 13.1 Å². The minimum absolute atomic E-state index is 0.271. The highest BCUT2D eigenvalue weighted by Crippen LogP contribution is 2.30. The predicted molar refractivity (Wildman–Crippen MR) is 90.2 cm³/mol. The van der Waals surface area contributed by atoms with E-state index in [9.17, 15) is 26.4 Å². The van der Waals surface area contributed by atoms with Gasteiger partial charge in [-0.25, -0.2) is 18.1 Å². The highest BCUT2D eigenvalue weighted by molar-refractivity contribution is 7.89. The van der Waals surface area contributed by atoms with E-state index in [1.807, 2.05) is 17.0 Å². The van der Waals surface area contributed by atoms with Gasteiger partial charge in [0.25, 0.3) is 0 Å². The number of hydrogen-bond acceptors (Lipinski definition) is 5. The summed E-state index contributed by atoms with van der Waals surface area (Å²) in [6.45, 7) is 1.55. The van der Waals surface area contributed by atoms with Crippen molar-refractivity contribution < 1.29 is 26.4 Å². The molecule has 2 N–H and O–H groups in total. The van der Waals surface area contributed by atoms with E-state index in [2.05, 4.69) is 10.3 Å². The molecule has 1 amide bonds. The third kappa shape index (κ3) is 5.78. The number of carbonyl (C=O) groups is 1. The lowest BCUT2D eigenvalue weighted by atomic mass is 10.2. The van der Waals surface area contributed by atoms with Crippen LogP contribution in [-0.4, -0.2) is 32.4 Å². The zero-order valence-electron chi connectivity index (χ0n) is 13.6. The number of benzene rings is 1. The van der Waals surface area contributed by atoms with E-state index < -0.39 is 39.1 Å². The summed E-state index contributed by atoms with van der Waals surface area (Å²) in [6, 6.07) is 3.31. The first-order valence-corrected chi connectivity index (χ1v) is 9.79. The van der Waals surface area contributed by atoms with E-state index >= 15 is 0 Å². The van der Waals surface area contributed by atoms with Gasteiger partial charge < -0.3 is 5.32 Å². The first-order chi connectivity index (χ1) is 12.1. The van der Waals surface area contributed by atoms with Crippen LogP contribution in [0, 0.1) is 6.92 Å². The quantitative estimate of drug-likeness (QED) is 0.736. The maximum absolute atomic E-state index is 12.7. The number of nitrogens with one attached hydrogen (secondary N) is 2. The van der Waals surface area contributed by atoms with Crippen molar-refractivity contribution in [3.63, 3.8) is 0 Å². The number of nitrogens with zero attached hydrogens (tertiary/aromatic N) is 1. The Bertz CT molecular complexity index is 880. The molecule has 142 valence electrons. The number of aromatic nitrogens is 1. The summed E-state index contributed by atoms with van der Waals surface area (Å²) in [4.78, 5) is 15.4. The molecular weight excluding hydrogens is 391 g/mol. The molecule has 0 radical (unpaired) electrons. The molecule has 0 aliphatic rings. The molecule has 11 heteroatoms. The second-order valence-electron chi connectivity index (χ2n) is 5.31. The summed E-state index contributed by atoms with van der Waals surface area (Å²) in [5.74, 6) is -0.590. The lowest BCUT2D eigenvalue weighted by Gasteiger charge is -2.10. The Hall–Kier alpha value is -1.98. The zero-order valence-corrected chi connectivity index (χ0v) is 15.3. The van der Waals surface area contributed by atoms with Gasteiger partial charge in [-0.2, -0.15) is 13.2 Å². The van der Waals surface area contributed by atoms with Gasteiger partial charge in [-0.05, 0) is 25.1 Å². The molecular formula is C15H16F3N3O3S2. The van der Waals surface area contributed by atoms with Crippen LogP contribution >= 0.6 is 11.3 Å². The second-order valence-corrected chi connectivity index (χ2v) is 8.14. The highest BCUT2D eigenvalue weighted by Gasteiger charge is 2.31. The molecule has 2 aromatic rings. The van der Waals surface area contributed by atoms with Crippen molar-refractivity contribution >= 4 is 27.3 Å². The van der Waals surface area contributed by atoms with Crippen molar-refractivity contribution in [1.82, 2.24) is 15.0 Å². The number of hydrogen-bond donors (Lipinski definition) is 2. The number of sulfonamides is 1. The normalized spacial score (nSPS) is 12.2. The highest BCUT2D eigenvalue weighted by atomic mass is 32.2. The molecule has 0 fully saturated rings. The SMILES string of the molecule is Cc1nc(CCNC(=O)CNS(=O)(=O)c2cccc(C(F)(F)F)c2)cs1. The van der Waals surface area contributed by atoms with Gasteiger partial charge in [-0.15, -0.1) is 11.3 Å². The van der Waals surface area contributed by atoms with E-state index in [0.717, 1.165) is 28.9 Å². The number of amides is 1. The van der Waals surface area contributed by atoms with E-state index in [0.29, 0.717) is 12.5 Å². The van der Waals surface area contributed by atoms with E-state index in [-0.39, 0.29) is 6.54 Å². The molecule has 1 aromatic heterocycles. The van der Waals surface area contributed by atoms with Crippen molar-refractivity contribution in [3.05, 3.63) is 45.9 Å². The summed E-state index contributed by atoms with van der Waals surface area (Å²) >= 11 is 1.48. The molecule has 1 aromatic carbocycles. The molecule has 0 spiro atoms. The number of alkyl halides is 3. The monoisotopic (exact) mass is 407 g/mol. The molecule has 0 saturated carbocycles. The average molecular weight is 407 g/mol. The Morgan fingerprint density at radius 3 is 2.65 bits per heavy atom. The fraction of sp³-hybridized carbons (Fsp3) is 0.333. The fourth-order valence-corrected chi connectivity index (χ4v) is 3.67. The largest absolute Gasteiger partial charge is 0.416 e. The first-order valence-electron chi connectivity index (χ1n) is 7.42. The molecule has 0 aliphatic carbocycles. The molecule has 1 heterocycles. The number of aryl methyl sites for hydroxylation is 1. The third-order valence-electron chi connectivity index (χ3n) is 3.26. The van der Waals surface area contributed by atoms with Crippen LogP contribution in [0.5, 0.6) is 0 Å². The van der Waals surface area contributed by atoms with E-state index in [4.69, 9.17) is 0 Å². The van der Waals surface area contributed by atoms with E-state index in [1.165, 1.54) is 11.3 Å². The van der Waals surface area contributed by atoms with Crippen LogP contribution in [0.2, 0.25) is 0 Å². The zero-order chi connectivity index (χ0) is 19.4. The standard InChI is InChI=1S/C15H16F3N3O3S2/c1-10-21-12(9-25-10)5-6-19-14(22)8-20-26(23,24)13-4-2-3-11(7-13)15(16,17)18/h2-4,7,9,20H,5-6,8H2,1H3,(H,19,22). The van der Waals surface area contributed by atoms with Gasteiger partial charge in [0.15, 0.2) is 0 Å². The molecule has 0 saturated heterocycles. The molecule has 0 unspecified atom stereocenters. The Kier molecular flexibility index (Phi) is 6.37.